The van der Waals surface area contributed by atoms with Crippen molar-refractivity contribution in [3.63, 3.8) is 0 Å². The van der Waals surface area contributed by atoms with E-state index in [0.29, 0.717) is 5.69 Å². The summed E-state index contributed by atoms with van der Waals surface area (Å²) in [4.78, 5) is 0. The fraction of sp³-hybridized carbons (Fsp3) is 0.167. The third-order valence-electron chi connectivity index (χ3n) is 2.57. The van der Waals surface area contributed by atoms with Crippen LogP contribution in [0.1, 0.15) is 11.3 Å². The van der Waals surface area contributed by atoms with Gasteiger partial charge in [-0.25, -0.2) is 0 Å². The predicted octanol–water partition coefficient (Wildman–Crippen LogP) is 2.12. The Bertz CT molecular complexity index is 594. The Morgan fingerprint density at radius 3 is 2.67 bits per heavy atom. The van der Waals surface area contributed by atoms with E-state index < -0.39 is 0 Å². The third kappa shape index (κ3) is 1.26. The van der Waals surface area contributed by atoms with Crippen molar-refractivity contribution in [1.29, 1.82) is 10.5 Å². The third-order valence-corrected chi connectivity index (χ3v) is 2.57. The van der Waals surface area contributed by atoms with Crippen LogP contribution in [0.25, 0.3) is 10.9 Å². The first kappa shape index (κ1) is 9.30. The lowest BCUT2D eigenvalue weighted by molar-refractivity contribution is 0.936. The molecular weight excluding hydrogens is 186 g/mol. The van der Waals surface area contributed by atoms with Gasteiger partial charge in [0.25, 0.3) is 0 Å². The first-order valence-corrected chi connectivity index (χ1v) is 4.63. The fourth-order valence-corrected chi connectivity index (χ4v) is 1.87. The van der Waals surface area contributed by atoms with Crippen LogP contribution in [0.2, 0.25) is 0 Å². The summed E-state index contributed by atoms with van der Waals surface area (Å²) in [6.45, 7) is 0. The first-order valence-electron chi connectivity index (χ1n) is 4.63. The fourth-order valence-electron chi connectivity index (χ4n) is 1.87. The van der Waals surface area contributed by atoms with Gasteiger partial charge in [-0.1, -0.05) is 18.2 Å². The summed E-state index contributed by atoms with van der Waals surface area (Å²) in [7, 11) is 1.85. The number of nitriles is 2. The molecule has 0 aliphatic carbocycles. The van der Waals surface area contributed by atoms with Crippen LogP contribution >= 0.6 is 0 Å². The van der Waals surface area contributed by atoms with E-state index in [2.05, 4.69) is 12.1 Å². The molecule has 0 fully saturated rings. The maximum absolute atomic E-state index is 9.05. The molecule has 0 bridgehead atoms. The molecule has 1 aromatic carbocycles. The van der Waals surface area contributed by atoms with Crippen molar-refractivity contribution in [2.75, 3.05) is 0 Å². The number of hydrogen-bond acceptors (Lipinski definition) is 2. The van der Waals surface area contributed by atoms with Crippen LogP contribution in [0.15, 0.2) is 24.3 Å². The van der Waals surface area contributed by atoms with Gasteiger partial charge in [0, 0.05) is 23.5 Å². The van der Waals surface area contributed by atoms with Crippen LogP contribution in [0.3, 0.4) is 0 Å². The minimum absolute atomic E-state index is 0.282. The van der Waals surface area contributed by atoms with E-state index in [0.717, 1.165) is 16.5 Å². The SMILES string of the molecule is Cn1c(C#N)c(CC#N)c2ccccc21. The normalized spacial score (nSPS) is 9.80. The molecule has 0 saturated carbocycles. The number of aryl methyl sites for hydroxylation is 1. The number of fused-ring (bicyclic) bond motifs is 1. The lowest BCUT2D eigenvalue weighted by Gasteiger charge is -1.95. The lowest BCUT2D eigenvalue weighted by Crippen LogP contribution is -1.93. The molecule has 0 aliphatic heterocycles. The van der Waals surface area contributed by atoms with Gasteiger partial charge in [0.05, 0.1) is 12.5 Å². The molecule has 0 N–H and O–H groups in total. The van der Waals surface area contributed by atoms with Crippen LogP contribution in [-0.4, -0.2) is 4.57 Å². The van der Waals surface area contributed by atoms with Crippen LogP contribution in [0.5, 0.6) is 0 Å². The minimum atomic E-state index is 0.282. The highest BCUT2D eigenvalue weighted by molar-refractivity contribution is 5.86. The Kier molecular flexibility index (Phi) is 2.15. The molecule has 0 spiro atoms. The first-order chi connectivity index (χ1) is 7.29. The monoisotopic (exact) mass is 195 g/mol. The van der Waals surface area contributed by atoms with E-state index >= 15 is 0 Å². The highest BCUT2D eigenvalue weighted by Crippen LogP contribution is 2.24. The van der Waals surface area contributed by atoms with Crippen molar-refractivity contribution >= 4 is 10.9 Å². The summed E-state index contributed by atoms with van der Waals surface area (Å²) >= 11 is 0. The maximum atomic E-state index is 9.05. The summed E-state index contributed by atoms with van der Waals surface area (Å²) in [6, 6.07) is 12.0. The van der Waals surface area contributed by atoms with Gasteiger partial charge in [0.15, 0.2) is 0 Å². The molecule has 2 rings (SSSR count). The van der Waals surface area contributed by atoms with Crippen molar-refractivity contribution in [3.8, 4) is 12.1 Å². The summed E-state index contributed by atoms with van der Waals surface area (Å²) in [5, 5.41) is 18.8. The second kappa shape index (κ2) is 3.48. The molecule has 3 heteroatoms. The van der Waals surface area contributed by atoms with Gasteiger partial charge in [0.1, 0.15) is 11.8 Å². The summed E-state index contributed by atoms with van der Waals surface area (Å²) in [5.41, 5.74) is 2.41. The zero-order valence-corrected chi connectivity index (χ0v) is 8.36. The summed E-state index contributed by atoms with van der Waals surface area (Å²) in [5.74, 6) is 0. The van der Waals surface area contributed by atoms with Gasteiger partial charge in [-0.2, -0.15) is 10.5 Å². The van der Waals surface area contributed by atoms with Crippen molar-refractivity contribution in [1.82, 2.24) is 4.57 Å². The van der Waals surface area contributed by atoms with Crippen LogP contribution < -0.4 is 0 Å². The second-order valence-corrected chi connectivity index (χ2v) is 3.35. The van der Waals surface area contributed by atoms with Crippen LogP contribution in [0.4, 0.5) is 0 Å². The molecule has 15 heavy (non-hydrogen) atoms. The van der Waals surface area contributed by atoms with Crippen molar-refractivity contribution in [2.24, 2.45) is 7.05 Å². The average Bonchev–Trinajstić information content (AvgIpc) is 2.54. The van der Waals surface area contributed by atoms with Gasteiger partial charge < -0.3 is 4.57 Å². The zero-order valence-electron chi connectivity index (χ0n) is 8.36. The van der Waals surface area contributed by atoms with E-state index in [9.17, 15) is 0 Å². The standard InChI is InChI=1S/C12H9N3/c1-15-11-5-3-2-4-9(11)10(6-7-13)12(15)8-14/h2-5H,6H2,1H3. The van der Waals surface area contributed by atoms with Gasteiger partial charge in [-0.3, -0.25) is 0 Å². The number of benzene rings is 1. The molecule has 2 aromatic rings. The molecule has 0 saturated heterocycles. The summed E-state index contributed by atoms with van der Waals surface area (Å²) < 4.78 is 1.84. The molecule has 0 unspecified atom stereocenters. The van der Waals surface area contributed by atoms with E-state index in [1.165, 1.54) is 0 Å². The molecule has 1 heterocycles. The Labute approximate surface area is 87.8 Å². The van der Waals surface area contributed by atoms with E-state index in [1.807, 2.05) is 35.9 Å². The molecule has 0 aliphatic rings. The highest BCUT2D eigenvalue weighted by atomic mass is 14.9. The van der Waals surface area contributed by atoms with E-state index in [-0.39, 0.29) is 6.42 Å². The number of aromatic nitrogens is 1. The second-order valence-electron chi connectivity index (χ2n) is 3.35. The van der Waals surface area contributed by atoms with Crippen LogP contribution in [0, 0.1) is 22.7 Å². The number of rotatable bonds is 1. The van der Waals surface area contributed by atoms with Gasteiger partial charge >= 0.3 is 0 Å². The topological polar surface area (TPSA) is 52.5 Å². The van der Waals surface area contributed by atoms with Crippen molar-refractivity contribution in [2.45, 2.75) is 6.42 Å². The smallest absolute Gasteiger partial charge is 0.125 e. The summed E-state index contributed by atoms with van der Waals surface area (Å²) in [6.07, 6.45) is 0.282. The quantitative estimate of drug-likeness (QED) is 0.699. The van der Waals surface area contributed by atoms with E-state index in [4.69, 9.17) is 10.5 Å². The Morgan fingerprint density at radius 2 is 2.00 bits per heavy atom. The Morgan fingerprint density at radius 1 is 1.27 bits per heavy atom. The number of nitrogens with zero attached hydrogens (tertiary/aromatic N) is 3. The van der Waals surface area contributed by atoms with E-state index in [1.54, 1.807) is 0 Å². The number of para-hydroxylation sites is 1. The van der Waals surface area contributed by atoms with Gasteiger partial charge in [0.2, 0.25) is 0 Å². The molecule has 0 radical (unpaired) electrons. The van der Waals surface area contributed by atoms with Gasteiger partial charge in [-0.15, -0.1) is 0 Å². The molecule has 0 atom stereocenters. The average molecular weight is 195 g/mol. The van der Waals surface area contributed by atoms with Crippen molar-refractivity contribution in [3.05, 3.63) is 35.5 Å². The van der Waals surface area contributed by atoms with Crippen molar-refractivity contribution < 1.29 is 0 Å². The molecule has 3 nitrogen and oxygen atoms in total. The number of hydrogen-bond donors (Lipinski definition) is 0. The molecule has 0 amide bonds. The Balaban J connectivity index is 2.88. The largest absolute Gasteiger partial charge is 0.335 e. The highest BCUT2D eigenvalue weighted by Gasteiger charge is 2.13. The van der Waals surface area contributed by atoms with Gasteiger partial charge in [-0.05, 0) is 6.07 Å². The zero-order chi connectivity index (χ0) is 10.8. The molecular formula is C12H9N3. The predicted molar refractivity (Wildman–Crippen MR) is 57.0 cm³/mol. The molecule has 1 aromatic heterocycles. The Hall–Kier alpha value is -2.26. The maximum Gasteiger partial charge on any atom is 0.125 e. The molecule has 72 valence electrons. The lowest BCUT2D eigenvalue weighted by atomic mass is 10.1. The minimum Gasteiger partial charge on any atom is -0.335 e. The van der Waals surface area contributed by atoms with Crippen LogP contribution in [-0.2, 0) is 13.5 Å².